The second-order valence-electron chi connectivity index (χ2n) is 8.49. The van der Waals surface area contributed by atoms with Crippen molar-refractivity contribution in [3.63, 3.8) is 0 Å². The lowest BCUT2D eigenvalue weighted by Crippen LogP contribution is -2.40. The van der Waals surface area contributed by atoms with Gasteiger partial charge in [0, 0.05) is 41.8 Å². The monoisotopic (exact) mass is 445 g/mol. The predicted octanol–water partition coefficient (Wildman–Crippen LogP) is 4.61. The summed E-state index contributed by atoms with van der Waals surface area (Å²) >= 11 is 1.67. The van der Waals surface area contributed by atoms with Crippen molar-refractivity contribution in [1.82, 2.24) is 19.9 Å². The maximum absolute atomic E-state index is 12.6. The number of nitrogens with zero attached hydrogens (tertiary/aromatic N) is 4. The van der Waals surface area contributed by atoms with Crippen molar-refractivity contribution in [3.05, 3.63) is 70.2 Å². The van der Waals surface area contributed by atoms with Crippen LogP contribution in [-0.2, 0) is 11.3 Å². The van der Waals surface area contributed by atoms with Gasteiger partial charge < -0.3 is 10.2 Å². The van der Waals surface area contributed by atoms with Gasteiger partial charge in [0.15, 0.2) is 5.82 Å². The summed E-state index contributed by atoms with van der Waals surface area (Å²) in [4.78, 5) is 20.8. The van der Waals surface area contributed by atoms with Crippen LogP contribution in [0.5, 0.6) is 0 Å². The van der Waals surface area contributed by atoms with Crippen LogP contribution in [-0.4, -0.2) is 33.6 Å². The topological polar surface area (TPSA) is 62.5 Å². The van der Waals surface area contributed by atoms with Crippen LogP contribution in [0.2, 0.25) is 0 Å². The number of aromatic nitrogens is 3. The minimum absolute atomic E-state index is 0.0568. The summed E-state index contributed by atoms with van der Waals surface area (Å²) in [5.41, 5.74) is 5.55. The number of rotatable bonds is 5. The molecule has 1 N–H and O–H groups in total. The molecule has 0 atom stereocenters. The predicted molar refractivity (Wildman–Crippen MR) is 129 cm³/mol. The molecule has 1 saturated heterocycles. The van der Waals surface area contributed by atoms with Crippen molar-refractivity contribution in [2.75, 3.05) is 18.0 Å². The van der Waals surface area contributed by atoms with Gasteiger partial charge in [-0.15, -0.1) is 11.3 Å². The number of hydrogen-bond donors (Lipinski definition) is 1. The molecule has 164 valence electrons. The molecule has 1 aliphatic heterocycles. The Morgan fingerprint density at radius 2 is 2.03 bits per heavy atom. The fourth-order valence-electron chi connectivity index (χ4n) is 4.38. The molecule has 0 saturated carbocycles. The smallest absolute Gasteiger partial charge is 0.223 e. The molecule has 32 heavy (non-hydrogen) atoms. The Morgan fingerprint density at radius 3 is 2.81 bits per heavy atom. The van der Waals surface area contributed by atoms with Crippen LogP contribution in [0.1, 0.15) is 28.8 Å². The molecular weight excluding hydrogens is 418 g/mol. The Balaban J connectivity index is 1.31. The minimum Gasteiger partial charge on any atom is -0.355 e. The van der Waals surface area contributed by atoms with Gasteiger partial charge in [-0.1, -0.05) is 23.8 Å². The lowest BCUT2D eigenvalue weighted by Gasteiger charge is -2.32. The van der Waals surface area contributed by atoms with Gasteiger partial charge in [-0.2, -0.15) is 5.10 Å². The third-order valence-corrected chi connectivity index (χ3v) is 7.10. The van der Waals surface area contributed by atoms with E-state index in [0.717, 1.165) is 48.5 Å². The number of amides is 1. The fourth-order valence-corrected chi connectivity index (χ4v) is 5.03. The van der Waals surface area contributed by atoms with Crippen molar-refractivity contribution < 1.29 is 4.79 Å². The van der Waals surface area contributed by atoms with Crippen LogP contribution >= 0.6 is 11.3 Å². The Hall–Kier alpha value is -3.19. The van der Waals surface area contributed by atoms with Gasteiger partial charge in [-0.05, 0) is 55.8 Å². The van der Waals surface area contributed by atoms with Gasteiger partial charge in [0.25, 0.3) is 0 Å². The molecule has 6 nitrogen and oxygen atoms in total. The SMILES string of the molecule is Cc1ccc(C)c(-c2cc3c(N4CCC(C(=O)NCc5cccs5)CC4)nccn3n2)c1. The van der Waals surface area contributed by atoms with Gasteiger partial charge in [0.05, 0.1) is 12.2 Å². The zero-order chi connectivity index (χ0) is 22.1. The van der Waals surface area contributed by atoms with Gasteiger partial charge in [-0.25, -0.2) is 9.50 Å². The van der Waals surface area contributed by atoms with E-state index in [9.17, 15) is 4.79 Å². The number of carbonyl (C=O) groups is 1. The number of nitrogens with one attached hydrogen (secondary N) is 1. The van der Waals surface area contributed by atoms with E-state index < -0.39 is 0 Å². The number of thiophene rings is 1. The number of benzene rings is 1. The largest absolute Gasteiger partial charge is 0.355 e. The zero-order valence-electron chi connectivity index (χ0n) is 18.4. The Labute approximate surface area is 191 Å². The quantitative estimate of drug-likeness (QED) is 0.487. The van der Waals surface area contributed by atoms with Gasteiger partial charge >= 0.3 is 0 Å². The van der Waals surface area contributed by atoms with Gasteiger partial charge in [0.2, 0.25) is 5.91 Å². The summed E-state index contributed by atoms with van der Waals surface area (Å²) in [5.74, 6) is 1.15. The van der Waals surface area contributed by atoms with E-state index in [4.69, 9.17) is 5.10 Å². The first-order valence-electron chi connectivity index (χ1n) is 11.1. The molecule has 0 aliphatic carbocycles. The molecule has 1 aromatic carbocycles. The molecule has 1 amide bonds. The molecule has 4 heterocycles. The van der Waals surface area contributed by atoms with Crippen LogP contribution in [0, 0.1) is 19.8 Å². The molecule has 0 unspecified atom stereocenters. The molecule has 1 fully saturated rings. The van der Waals surface area contributed by atoms with Crippen molar-refractivity contribution in [2.24, 2.45) is 5.92 Å². The normalized spacial score (nSPS) is 14.8. The van der Waals surface area contributed by atoms with E-state index in [2.05, 4.69) is 59.4 Å². The Bertz CT molecular complexity index is 1240. The molecule has 5 rings (SSSR count). The molecule has 0 bridgehead atoms. The lowest BCUT2D eigenvalue weighted by molar-refractivity contribution is -0.125. The van der Waals surface area contributed by atoms with Crippen LogP contribution in [0.4, 0.5) is 5.82 Å². The second kappa shape index (κ2) is 8.74. The number of carbonyl (C=O) groups excluding carboxylic acids is 1. The highest BCUT2D eigenvalue weighted by Crippen LogP contribution is 2.30. The summed E-state index contributed by atoms with van der Waals surface area (Å²) in [7, 11) is 0. The summed E-state index contributed by atoms with van der Waals surface area (Å²) in [5, 5.41) is 9.95. The number of hydrogen-bond acceptors (Lipinski definition) is 5. The fraction of sp³-hybridized carbons (Fsp3) is 0.320. The van der Waals surface area contributed by atoms with E-state index in [0.29, 0.717) is 6.54 Å². The molecule has 7 heteroatoms. The van der Waals surface area contributed by atoms with Crippen molar-refractivity contribution in [2.45, 2.75) is 33.2 Å². The summed E-state index contributed by atoms with van der Waals surface area (Å²) < 4.78 is 1.92. The molecule has 0 radical (unpaired) electrons. The standard InChI is InChI=1S/C25H27N5OS/c1-17-5-6-18(2)21(14-17)22-15-23-24(26-9-12-30(23)28-22)29-10-7-19(8-11-29)25(31)27-16-20-4-3-13-32-20/h3-6,9,12-15,19H,7-8,10-11,16H2,1-2H3,(H,27,31). The van der Waals surface area contributed by atoms with E-state index in [-0.39, 0.29) is 11.8 Å². The highest BCUT2D eigenvalue weighted by atomic mass is 32.1. The third-order valence-electron chi connectivity index (χ3n) is 6.22. The van der Waals surface area contributed by atoms with E-state index in [1.807, 2.05) is 28.4 Å². The second-order valence-corrected chi connectivity index (χ2v) is 9.52. The molecular formula is C25H27N5OS. The number of piperidine rings is 1. The van der Waals surface area contributed by atoms with Crippen LogP contribution in [0.3, 0.4) is 0 Å². The zero-order valence-corrected chi connectivity index (χ0v) is 19.2. The summed E-state index contributed by atoms with van der Waals surface area (Å²) in [6.07, 6.45) is 5.37. The van der Waals surface area contributed by atoms with Crippen LogP contribution < -0.4 is 10.2 Å². The van der Waals surface area contributed by atoms with E-state index in [1.54, 1.807) is 11.3 Å². The number of fused-ring (bicyclic) bond motifs is 1. The first-order chi connectivity index (χ1) is 15.6. The highest BCUT2D eigenvalue weighted by Gasteiger charge is 2.27. The minimum atomic E-state index is 0.0568. The van der Waals surface area contributed by atoms with Crippen LogP contribution in [0.15, 0.2) is 54.2 Å². The molecule has 4 aromatic rings. The molecule has 1 aliphatic rings. The van der Waals surface area contributed by atoms with Crippen molar-refractivity contribution in [3.8, 4) is 11.3 Å². The lowest BCUT2D eigenvalue weighted by atomic mass is 9.96. The number of anilines is 1. The van der Waals surface area contributed by atoms with E-state index >= 15 is 0 Å². The average Bonchev–Trinajstić information content (AvgIpc) is 3.49. The van der Waals surface area contributed by atoms with E-state index in [1.165, 1.54) is 16.0 Å². The highest BCUT2D eigenvalue weighted by molar-refractivity contribution is 7.09. The third kappa shape index (κ3) is 4.12. The van der Waals surface area contributed by atoms with Gasteiger partial charge in [-0.3, -0.25) is 4.79 Å². The summed E-state index contributed by atoms with van der Waals surface area (Å²) in [6.45, 7) is 6.47. The Kier molecular flexibility index (Phi) is 5.66. The maximum Gasteiger partial charge on any atom is 0.223 e. The number of aryl methyl sites for hydroxylation is 2. The molecule has 3 aromatic heterocycles. The molecule has 0 spiro atoms. The maximum atomic E-state index is 12.6. The first-order valence-corrected chi connectivity index (χ1v) is 11.9. The van der Waals surface area contributed by atoms with Crippen molar-refractivity contribution in [1.29, 1.82) is 0 Å². The van der Waals surface area contributed by atoms with Crippen molar-refractivity contribution >= 4 is 28.6 Å². The van der Waals surface area contributed by atoms with Crippen LogP contribution in [0.25, 0.3) is 16.8 Å². The summed E-state index contributed by atoms with van der Waals surface area (Å²) in [6, 6.07) is 12.7. The average molecular weight is 446 g/mol. The Morgan fingerprint density at radius 1 is 1.19 bits per heavy atom. The van der Waals surface area contributed by atoms with Gasteiger partial charge in [0.1, 0.15) is 5.52 Å². The first kappa shape index (κ1) is 20.7.